The summed E-state index contributed by atoms with van der Waals surface area (Å²) in [6, 6.07) is 7.83. The molecule has 0 spiro atoms. The van der Waals surface area contributed by atoms with Crippen molar-refractivity contribution < 1.29 is 14.3 Å². The monoisotopic (exact) mass is 303 g/mol. The zero-order valence-electron chi connectivity index (χ0n) is 12.7. The zero-order chi connectivity index (χ0) is 15.8. The Kier molecular flexibility index (Phi) is 5.94. The largest absolute Gasteiger partial charge is 0.466 e. The highest BCUT2D eigenvalue weighted by Crippen LogP contribution is 2.11. The van der Waals surface area contributed by atoms with Crippen LogP contribution in [0.15, 0.2) is 30.6 Å². The Morgan fingerprint density at radius 2 is 2.09 bits per heavy atom. The molecule has 1 aromatic carbocycles. The van der Waals surface area contributed by atoms with Crippen molar-refractivity contribution in [2.45, 2.75) is 32.7 Å². The van der Waals surface area contributed by atoms with E-state index in [1.54, 1.807) is 13.3 Å². The summed E-state index contributed by atoms with van der Waals surface area (Å²) < 4.78 is 6.79. The Bertz CT molecular complexity index is 636. The number of hydrogen-bond acceptors (Lipinski definition) is 4. The van der Waals surface area contributed by atoms with Crippen LogP contribution in [0.2, 0.25) is 0 Å². The number of hydrogen-bond donors (Lipinski definition) is 1. The van der Waals surface area contributed by atoms with Gasteiger partial charge in [0, 0.05) is 25.9 Å². The molecule has 6 nitrogen and oxygen atoms in total. The number of ether oxygens (including phenoxy) is 1. The molecule has 0 aliphatic heterocycles. The third-order valence-corrected chi connectivity index (χ3v) is 3.29. The van der Waals surface area contributed by atoms with E-state index >= 15 is 0 Å². The molecule has 0 fully saturated rings. The lowest BCUT2D eigenvalue weighted by molar-refractivity contribution is -0.143. The molecule has 0 unspecified atom stereocenters. The fourth-order valence-electron chi connectivity index (χ4n) is 2.19. The average Bonchev–Trinajstić information content (AvgIpc) is 2.93. The highest BCUT2D eigenvalue weighted by Gasteiger charge is 2.06. The van der Waals surface area contributed by atoms with Gasteiger partial charge in [0.2, 0.25) is 5.91 Å². The predicted molar refractivity (Wildman–Crippen MR) is 83.2 cm³/mol. The van der Waals surface area contributed by atoms with Crippen LogP contribution in [-0.4, -0.2) is 34.6 Å². The number of nitrogens with one attached hydrogen (secondary N) is 1. The van der Waals surface area contributed by atoms with Crippen molar-refractivity contribution in [3.63, 3.8) is 0 Å². The Balaban J connectivity index is 1.69. The van der Waals surface area contributed by atoms with Gasteiger partial charge >= 0.3 is 5.97 Å². The molecule has 0 aliphatic carbocycles. The Hall–Kier alpha value is -2.37. The summed E-state index contributed by atoms with van der Waals surface area (Å²) in [6.07, 6.45) is 3.07. The molecule has 1 aromatic heterocycles. The van der Waals surface area contributed by atoms with Crippen LogP contribution in [-0.2, 0) is 20.9 Å². The summed E-state index contributed by atoms with van der Waals surface area (Å²) in [5.74, 6) is -0.247. The van der Waals surface area contributed by atoms with Crippen molar-refractivity contribution in [1.29, 1.82) is 0 Å². The summed E-state index contributed by atoms with van der Waals surface area (Å²) in [6.45, 7) is 3.25. The molecule has 0 saturated heterocycles. The molecule has 1 amide bonds. The highest BCUT2D eigenvalue weighted by atomic mass is 16.5. The van der Waals surface area contributed by atoms with Gasteiger partial charge in [0.05, 0.1) is 24.0 Å². The normalized spacial score (nSPS) is 10.6. The van der Waals surface area contributed by atoms with E-state index in [0.717, 1.165) is 11.0 Å². The lowest BCUT2D eigenvalue weighted by atomic mass is 10.3. The Labute approximate surface area is 129 Å². The van der Waals surface area contributed by atoms with Crippen LogP contribution < -0.4 is 5.32 Å². The van der Waals surface area contributed by atoms with Crippen molar-refractivity contribution in [1.82, 2.24) is 14.9 Å². The van der Waals surface area contributed by atoms with Gasteiger partial charge in [-0.25, -0.2) is 4.98 Å². The summed E-state index contributed by atoms with van der Waals surface area (Å²) >= 11 is 0. The number of carbonyl (C=O) groups is 2. The van der Waals surface area contributed by atoms with E-state index in [1.165, 1.54) is 0 Å². The fraction of sp³-hybridized carbons (Fsp3) is 0.438. The van der Waals surface area contributed by atoms with E-state index in [2.05, 4.69) is 10.3 Å². The third-order valence-electron chi connectivity index (χ3n) is 3.29. The number of benzene rings is 1. The number of aromatic nitrogens is 2. The first-order valence-corrected chi connectivity index (χ1v) is 7.53. The molecule has 0 aliphatic rings. The minimum Gasteiger partial charge on any atom is -0.466 e. The number of amides is 1. The Morgan fingerprint density at radius 3 is 2.91 bits per heavy atom. The van der Waals surface area contributed by atoms with Gasteiger partial charge < -0.3 is 14.6 Å². The Morgan fingerprint density at radius 1 is 1.27 bits per heavy atom. The van der Waals surface area contributed by atoms with Gasteiger partial charge in [-0.05, 0) is 25.5 Å². The van der Waals surface area contributed by atoms with Crippen molar-refractivity contribution >= 4 is 22.9 Å². The second-order valence-electron chi connectivity index (χ2n) is 4.94. The first-order chi connectivity index (χ1) is 10.7. The minimum atomic E-state index is -0.221. The zero-order valence-corrected chi connectivity index (χ0v) is 12.7. The van der Waals surface area contributed by atoms with E-state index in [1.807, 2.05) is 28.8 Å². The molecular formula is C16H21N3O3. The molecule has 0 saturated carbocycles. The van der Waals surface area contributed by atoms with Gasteiger partial charge in [-0.3, -0.25) is 9.59 Å². The highest BCUT2D eigenvalue weighted by molar-refractivity contribution is 5.77. The molecule has 1 heterocycles. The van der Waals surface area contributed by atoms with Crippen LogP contribution in [0.4, 0.5) is 0 Å². The van der Waals surface area contributed by atoms with Gasteiger partial charge in [0.25, 0.3) is 0 Å². The smallest absolute Gasteiger partial charge is 0.305 e. The molecule has 0 atom stereocenters. The number of nitrogens with zero attached hydrogens (tertiary/aromatic N) is 2. The van der Waals surface area contributed by atoms with Crippen LogP contribution in [0.25, 0.3) is 11.0 Å². The molecule has 2 rings (SSSR count). The van der Waals surface area contributed by atoms with Gasteiger partial charge in [0.1, 0.15) is 0 Å². The maximum atomic E-state index is 11.8. The van der Waals surface area contributed by atoms with E-state index in [4.69, 9.17) is 4.74 Å². The third kappa shape index (κ3) is 4.58. The average molecular weight is 303 g/mol. The number of aryl methyl sites for hydroxylation is 1. The van der Waals surface area contributed by atoms with Crippen LogP contribution in [0.1, 0.15) is 26.2 Å². The van der Waals surface area contributed by atoms with Crippen LogP contribution in [0, 0.1) is 0 Å². The van der Waals surface area contributed by atoms with Crippen molar-refractivity contribution in [2.75, 3.05) is 13.2 Å². The summed E-state index contributed by atoms with van der Waals surface area (Å²) in [5, 5.41) is 2.81. The maximum Gasteiger partial charge on any atom is 0.305 e. The fourth-order valence-corrected chi connectivity index (χ4v) is 2.19. The van der Waals surface area contributed by atoms with E-state index in [-0.39, 0.29) is 11.9 Å². The van der Waals surface area contributed by atoms with Crippen molar-refractivity contribution in [3.8, 4) is 0 Å². The first-order valence-electron chi connectivity index (χ1n) is 7.53. The lowest BCUT2D eigenvalue weighted by Crippen LogP contribution is -2.25. The standard InChI is InChI=1S/C16H21N3O3/c1-2-22-16(21)8-5-10-17-15(20)9-11-19-12-18-13-6-3-4-7-14(13)19/h3-4,6-7,12H,2,5,8-11H2,1H3,(H,17,20). The number of fused-ring (bicyclic) bond motifs is 1. The van der Waals surface area contributed by atoms with Crippen LogP contribution in [0.5, 0.6) is 0 Å². The second kappa shape index (κ2) is 8.17. The van der Waals surface area contributed by atoms with Crippen molar-refractivity contribution in [3.05, 3.63) is 30.6 Å². The lowest BCUT2D eigenvalue weighted by Gasteiger charge is -2.06. The molecule has 0 radical (unpaired) electrons. The summed E-state index contributed by atoms with van der Waals surface area (Å²) in [4.78, 5) is 27.2. The quantitative estimate of drug-likeness (QED) is 0.597. The predicted octanol–water partition coefficient (Wildman–Crippen LogP) is 1.89. The number of rotatable bonds is 8. The number of imidazole rings is 1. The number of carbonyl (C=O) groups excluding carboxylic acids is 2. The summed E-state index contributed by atoms with van der Waals surface area (Å²) in [7, 11) is 0. The number of esters is 1. The molecule has 1 N–H and O–H groups in total. The van der Waals surface area contributed by atoms with Gasteiger partial charge in [-0.1, -0.05) is 12.1 Å². The molecule has 6 heteroatoms. The summed E-state index contributed by atoms with van der Waals surface area (Å²) in [5.41, 5.74) is 1.95. The van der Waals surface area contributed by atoms with Gasteiger partial charge in [0.15, 0.2) is 0 Å². The van der Waals surface area contributed by atoms with Crippen LogP contribution >= 0.6 is 0 Å². The first kappa shape index (κ1) is 16.0. The molecular weight excluding hydrogens is 282 g/mol. The topological polar surface area (TPSA) is 73.2 Å². The minimum absolute atomic E-state index is 0.0263. The molecule has 118 valence electrons. The molecule has 2 aromatic rings. The van der Waals surface area contributed by atoms with Gasteiger partial charge in [-0.2, -0.15) is 0 Å². The van der Waals surface area contributed by atoms with E-state index in [9.17, 15) is 9.59 Å². The number of para-hydroxylation sites is 2. The van der Waals surface area contributed by atoms with Crippen molar-refractivity contribution in [2.24, 2.45) is 0 Å². The molecule has 0 bridgehead atoms. The van der Waals surface area contributed by atoms with Crippen LogP contribution in [0.3, 0.4) is 0 Å². The van der Waals surface area contributed by atoms with Gasteiger partial charge in [-0.15, -0.1) is 0 Å². The van der Waals surface area contributed by atoms with E-state index < -0.39 is 0 Å². The SMILES string of the molecule is CCOC(=O)CCCNC(=O)CCn1cnc2ccccc21. The maximum absolute atomic E-state index is 11.8. The second-order valence-corrected chi connectivity index (χ2v) is 4.94. The van der Waals surface area contributed by atoms with E-state index in [0.29, 0.717) is 39.0 Å². The molecule has 22 heavy (non-hydrogen) atoms.